The van der Waals surface area contributed by atoms with Crippen molar-refractivity contribution in [3.63, 3.8) is 0 Å². The lowest BCUT2D eigenvalue weighted by Crippen LogP contribution is -2.36. The minimum absolute atomic E-state index is 0.0314. The molecule has 2 N–H and O–H groups in total. The number of nitrogens with one attached hydrogen (secondary N) is 2. The van der Waals surface area contributed by atoms with Crippen LogP contribution in [0.1, 0.15) is 39.1 Å². The third-order valence-corrected chi connectivity index (χ3v) is 4.61. The lowest BCUT2D eigenvalue weighted by molar-refractivity contribution is -0.120. The Morgan fingerprint density at radius 2 is 1.61 bits per heavy atom. The van der Waals surface area contributed by atoms with Crippen molar-refractivity contribution < 1.29 is 18.8 Å². The third-order valence-electron chi connectivity index (χ3n) is 4.61. The molecule has 2 aromatic rings. The van der Waals surface area contributed by atoms with Crippen LogP contribution < -0.4 is 10.6 Å². The van der Waals surface area contributed by atoms with E-state index < -0.39 is 11.7 Å². The zero-order valence-electron chi connectivity index (χ0n) is 15.4. The summed E-state index contributed by atoms with van der Waals surface area (Å²) in [6.07, 6.45) is 2.09. The van der Waals surface area contributed by atoms with Crippen LogP contribution in [0.15, 0.2) is 48.5 Å². The number of hydrogen-bond acceptors (Lipinski definition) is 3. The van der Waals surface area contributed by atoms with Crippen LogP contribution in [0.2, 0.25) is 0 Å². The summed E-state index contributed by atoms with van der Waals surface area (Å²) in [5.74, 6) is -1.63. The number of halogens is 1. The fourth-order valence-electron chi connectivity index (χ4n) is 3.03. The molecule has 0 radical (unpaired) electrons. The number of carbonyl (C=O) groups is 3. The van der Waals surface area contributed by atoms with Gasteiger partial charge in [-0.1, -0.05) is 24.3 Å². The molecule has 0 atom stereocenters. The van der Waals surface area contributed by atoms with Gasteiger partial charge in [0.1, 0.15) is 5.82 Å². The van der Waals surface area contributed by atoms with Gasteiger partial charge in [0, 0.05) is 25.2 Å². The van der Waals surface area contributed by atoms with E-state index in [0.717, 1.165) is 31.5 Å². The minimum atomic E-state index is -0.641. The summed E-state index contributed by atoms with van der Waals surface area (Å²) in [4.78, 5) is 37.9. The summed E-state index contributed by atoms with van der Waals surface area (Å²) in [7, 11) is 0. The zero-order chi connectivity index (χ0) is 19.9. The van der Waals surface area contributed by atoms with Gasteiger partial charge in [-0.2, -0.15) is 0 Å². The van der Waals surface area contributed by atoms with Crippen molar-refractivity contribution in [2.75, 3.05) is 19.6 Å². The van der Waals surface area contributed by atoms with Crippen LogP contribution in [0.25, 0.3) is 0 Å². The lowest BCUT2D eigenvalue weighted by Gasteiger charge is -2.15. The van der Waals surface area contributed by atoms with Crippen LogP contribution in [0.5, 0.6) is 0 Å². The molecule has 146 valence electrons. The predicted molar refractivity (Wildman–Crippen MR) is 102 cm³/mol. The molecule has 0 spiro atoms. The van der Waals surface area contributed by atoms with Crippen molar-refractivity contribution in [3.8, 4) is 0 Å². The molecular formula is C21H22FN3O3. The highest BCUT2D eigenvalue weighted by Crippen LogP contribution is 2.13. The van der Waals surface area contributed by atoms with E-state index in [0.29, 0.717) is 5.56 Å². The second kappa shape index (κ2) is 9.12. The van der Waals surface area contributed by atoms with Gasteiger partial charge in [0.15, 0.2) is 0 Å². The van der Waals surface area contributed by atoms with Crippen LogP contribution >= 0.6 is 0 Å². The van der Waals surface area contributed by atoms with Crippen molar-refractivity contribution in [1.29, 1.82) is 0 Å². The number of likely N-dealkylation sites (tertiary alicyclic amines) is 1. The van der Waals surface area contributed by atoms with E-state index >= 15 is 0 Å². The number of benzene rings is 2. The number of rotatable bonds is 6. The Morgan fingerprint density at radius 1 is 0.929 bits per heavy atom. The molecule has 1 fully saturated rings. The summed E-state index contributed by atoms with van der Waals surface area (Å²) in [5, 5.41) is 5.07. The molecule has 28 heavy (non-hydrogen) atoms. The first kappa shape index (κ1) is 19.5. The van der Waals surface area contributed by atoms with E-state index in [9.17, 15) is 18.8 Å². The Labute approximate surface area is 162 Å². The van der Waals surface area contributed by atoms with Gasteiger partial charge >= 0.3 is 0 Å². The van der Waals surface area contributed by atoms with Crippen molar-refractivity contribution in [2.24, 2.45) is 0 Å². The van der Waals surface area contributed by atoms with Crippen LogP contribution in [0, 0.1) is 5.82 Å². The summed E-state index contributed by atoms with van der Waals surface area (Å²) >= 11 is 0. The zero-order valence-corrected chi connectivity index (χ0v) is 15.4. The van der Waals surface area contributed by atoms with Gasteiger partial charge in [-0.3, -0.25) is 14.4 Å². The molecule has 7 heteroatoms. The van der Waals surface area contributed by atoms with E-state index in [1.165, 1.54) is 18.2 Å². The van der Waals surface area contributed by atoms with E-state index in [4.69, 9.17) is 0 Å². The highest BCUT2D eigenvalue weighted by Gasteiger charge is 2.19. The van der Waals surface area contributed by atoms with Gasteiger partial charge in [-0.15, -0.1) is 0 Å². The van der Waals surface area contributed by atoms with Gasteiger partial charge in [0.2, 0.25) is 5.91 Å². The van der Waals surface area contributed by atoms with E-state index in [1.54, 1.807) is 30.3 Å². The quantitative estimate of drug-likeness (QED) is 0.802. The molecule has 1 heterocycles. The summed E-state index contributed by atoms with van der Waals surface area (Å²) in [6, 6.07) is 12.7. The fraction of sp³-hybridized carbons (Fsp3) is 0.286. The first-order valence-electron chi connectivity index (χ1n) is 9.22. The van der Waals surface area contributed by atoms with E-state index in [-0.39, 0.29) is 30.5 Å². The topological polar surface area (TPSA) is 78.5 Å². The van der Waals surface area contributed by atoms with Gasteiger partial charge in [0.25, 0.3) is 11.8 Å². The van der Waals surface area contributed by atoms with Crippen LogP contribution in [0.4, 0.5) is 4.39 Å². The van der Waals surface area contributed by atoms with Crippen LogP contribution in [-0.4, -0.2) is 42.3 Å². The normalized spacial score (nSPS) is 13.2. The van der Waals surface area contributed by atoms with Crippen molar-refractivity contribution in [1.82, 2.24) is 15.5 Å². The smallest absolute Gasteiger partial charge is 0.254 e. The van der Waals surface area contributed by atoms with E-state index in [2.05, 4.69) is 10.6 Å². The maximum Gasteiger partial charge on any atom is 0.254 e. The minimum Gasteiger partial charge on any atom is -0.350 e. The molecule has 6 nitrogen and oxygen atoms in total. The highest BCUT2D eigenvalue weighted by atomic mass is 19.1. The average molecular weight is 383 g/mol. The second-order valence-corrected chi connectivity index (χ2v) is 6.64. The molecule has 1 aliphatic rings. The predicted octanol–water partition coefficient (Wildman–Crippen LogP) is 2.11. The molecule has 3 rings (SSSR count). The van der Waals surface area contributed by atoms with Gasteiger partial charge in [-0.25, -0.2) is 4.39 Å². The first-order chi connectivity index (χ1) is 13.5. The second-order valence-electron chi connectivity index (χ2n) is 6.64. The molecular weight excluding hydrogens is 361 g/mol. The van der Waals surface area contributed by atoms with Crippen molar-refractivity contribution >= 4 is 17.7 Å². The van der Waals surface area contributed by atoms with Crippen LogP contribution in [0.3, 0.4) is 0 Å². The average Bonchev–Trinajstić information content (AvgIpc) is 3.25. The Hall–Kier alpha value is -3.22. The SMILES string of the molecule is O=C(CNC(=O)c1ccccc1F)NCc1ccc(C(=O)N2CCCC2)cc1. The molecule has 0 saturated carbocycles. The maximum atomic E-state index is 13.5. The Morgan fingerprint density at radius 3 is 2.29 bits per heavy atom. The monoisotopic (exact) mass is 383 g/mol. The molecule has 0 aromatic heterocycles. The number of hydrogen-bond donors (Lipinski definition) is 2. The molecule has 3 amide bonds. The largest absolute Gasteiger partial charge is 0.350 e. The maximum absolute atomic E-state index is 13.5. The summed E-state index contributed by atoms with van der Waals surface area (Å²) < 4.78 is 13.5. The summed E-state index contributed by atoms with van der Waals surface area (Å²) in [5.41, 5.74) is 1.37. The summed E-state index contributed by atoms with van der Waals surface area (Å²) in [6.45, 7) is 1.62. The highest BCUT2D eigenvalue weighted by molar-refractivity contribution is 5.96. The van der Waals surface area contributed by atoms with Gasteiger partial charge < -0.3 is 15.5 Å². The van der Waals surface area contributed by atoms with Crippen LogP contribution in [-0.2, 0) is 11.3 Å². The fourth-order valence-corrected chi connectivity index (χ4v) is 3.03. The van der Waals surface area contributed by atoms with Crippen molar-refractivity contribution in [2.45, 2.75) is 19.4 Å². The lowest BCUT2D eigenvalue weighted by atomic mass is 10.1. The molecule has 2 aromatic carbocycles. The first-order valence-corrected chi connectivity index (χ1v) is 9.22. The Bertz CT molecular complexity index is 861. The Balaban J connectivity index is 1.45. The number of amides is 3. The molecule has 1 aliphatic heterocycles. The Kier molecular flexibility index (Phi) is 6.37. The van der Waals surface area contributed by atoms with E-state index in [1.807, 2.05) is 4.90 Å². The molecule has 1 saturated heterocycles. The molecule has 0 unspecified atom stereocenters. The third kappa shape index (κ3) is 4.94. The number of carbonyl (C=O) groups excluding carboxylic acids is 3. The molecule has 0 bridgehead atoms. The van der Waals surface area contributed by atoms with Gasteiger partial charge in [-0.05, 0) is 42.7 Å². The standard InChI is InChI=1S/C21H22FN3O3/c22-18-6-2-1-5-17(18)20(27)24-14-19(26)23-13-15-7-9-16(10-8-15)21(28)25-11-3-4-12-25/h1-2,5-10H,3-4,11-14H2,(H,23,26)(H,24,27). The number of nitrogens with zero attached hydrogens (tertiary/aromatic N) is 1. The molecule has 0 aliphatic carbocycles. The van der Waals surface area contributed by atoms with Crippen molar-refractivity contribution in [3.05, 3.63) is 71.0 Å². The van der Waals surface area contributed by atoms with Gasteiger partial charge in [0.05, 0.1) is 12.1 Å².